The molecule has 0 radical (unpaired) electrons. The topological polar surface area (TPSA) is 24.9 Å². The van der Waals surface area contributed by atoms with Crippen LogP contribution in [0.25, 0.3) is 10.9 Å². The number of aromatic nitrogens is 1. The van der Waals surface area contributed by atoms with E-state index in [1.54, 1.807) is 0 Å². The predicted octanol–water partition coefficient (Wildman–Crippen LogP) is 3.47. The van der Waals surface area contributed by atoms with Gasteiger partial charge in [0.1, 0.15) is 0 Å². The Bertz CT molecular complexity index is 538. The third-order valence-electron chi connectivity index (χ3n) is 2.95. The fraction of sp³-hybridized carbons (Fsp3) is 0.438. The molecule has 2 heteroatoms. The largest absolute Gasteiger partial charge is 0.312 e. The number of benzene rings is 1. The first-order valence-corrected chi connectivity index (χ1v) is 6.54. The zero-order chi connectivity index (χ0) is 13.2. The van der Waals surface area contributed by atoms with Crippen molar-refractivity contribution in [2.75, 3.05) is 6.54 Å². The van der Waals surface area contributed by atoms with Crippen LogP contribution in [0.15, 0.2) is 30.5 Å². The first-order chi connectivity index (χ1) is 8.44. The molecule has 0 aliphatic carbocycles. The minimum atomic E-state index is 0.189. The summed E-state index contributed by atoms with van der Waals surface area (Å²) in [5.74, 6) is 0. The molecule has 2 aromatic rings. The Morgan fingerprint density at radius 1 is 1.17 bits per heavy atom. The second-order valence-corrected chi connectivity index (χ2v) is 5.97. The van der Waals surface area contributed by atoms with Crippen LogP contribution in [-0.4, -0.2) is 17.1 Å². The predicted molar refractivity (Wildman–Crippen MR) is 77.9 cm³/mol. The molecular formula is C16H22N2. The van der Waals surface area contributed by atoms with E-state index in [9.17, 15) is 0 Å². The highest BCUT2D eigenvalue weighted by molar-refractivity contribution is 5.79. The maximum absolute atomic E-state index is 4.43. The molecule has 0 bridgehead atoms. The highest BCUT2D eigenvalue weighted by Gasteiger charge is 2.07. The summed E-state index contributed by atoms with van der Waals surface area (Å²) in [5, 5.41) is 4.75. The summed E-state index contributed by atoms with van der Waals surface area (Å²) in [4.78, 5) is 4.43. The summed E-state index contributed by atoms with van der Waals surface area (Å²) in [7, 11) is 0. The first kappa shape index (κ1) is 13.0. The van der Waals surface area contributed by atoms with Crippen molar-refractivity contribution in [3.8, 4) is 0 Å². The van der Waals surface area contributed by atoms with Crippen LogP contribution in [0.4, 0.5) is 0 Å². The van der Waals surface area contributed by atoms with E-state index in [1.807, 2.05) is 6.20 Å². The molecular weight excluding hydrogens is 220 g/mol. The lowest BCUT2D eigenvalue weighted by Gasteiger charge is -2.20. The van der Waals surface area contributed by atoms with Gasteiger partial charge in [0.05, 0.1) is 5.52 Å². The number of nitrogens with zero attached hydrogens (tertiary/aromatic N) is 1. The van der Waals surface area contributed by atoms with Crippen molar-refractivity contribution < 1.29 is 0 Å². The number of hydrogen-bond acceptors (Lipinski definition) is 2. The highest BCUT2D eigenvalue weighted by Crippen LogP contribution is 2.15. The van der Waals surface area contributed by atoms with Gasteiger partial charge in [-0.1, -0.05) is 6.07 Å². The van der Waals surface area contributed by atoms with Gasteiger partial charge in [0.25, 0.3) is 0 Å². The zero-order valence-corrected chi connectivity index (χ0v) is 11.7. The van der Waals surface area contributed by atoms with Crippen molar-refractivity contribution in [1.29, 1.82) is 0 Å². The average molecular weight is 242 g/mol. The average Bonchev–Trinajstić information content (AvgIpc) is 2.26. The summed E-state index contributed by atoms with van der Waals surface area (Å²) in [6.07, 6.45) is 2.98. The van der Waals surface area contributed by atoms with Crippen molar-refractivity contribution in [2.24, 2.45) is 0 Å². The van der Waals surface area contributed by atoms with E-state index in [2.05, 4.69) is 62.3 Å². The van der Waals surface area contributed by atoms with Gasteiger partial charge in [-0.15, -0.1) is 0 Å². The number of pyridine rings is 1. The number of fused-ring (bicyclic) bond motifs is 1. The van der Waals surface area contributed by atoms with Crippen LogP contribution in [0.3, 0.4) is 0 Å². The van der Waals surface area contributed by atoms with E-state index in [4.69, 9.17) is 0 Å². The summed E-state index contributed by atoms with van der Waals surface area (Å²) >= 11 is 0. The van der Waals surface area contributed by atoms with E-state index in [0.29, 0.717) is 0 Å². The number of aryl methyl sites for hydroxylation is 1. The van der Waals surface area contributed by atoms with E-state index in [-0.39, 0.29) is 5.54 Å². The monoisotopic (exact) mass is 242 g/mol. The fourth-order valence-corrected chi connectivity index (χ4v) is 2.03. The van der Waals surface area contributed by atoms with Crippen LogP contribution in [0.2, 0.25) is 0 Å². The molecule has 0 saturated heterocycles. The molecule has 1 aromatic carbocycles. The van der Waals surface area contributed by atoms with Crippen LogP contribution >= 0.6 is 0 Å². The number of rotatable bonds is 3. The molecule has 0 unspecified atom stereocenters. The maximum Gasteiger partial charge on any atom is 0.0702 e. The van der Waals surface area contributed by atoms with Crippen molar-refractivity contribution in [3.63, 3.8) is 0 Å². The van der Waals surface area contributed by atoms with Gasteiger partial charge in [-0.3, -0.25) is 4.98 Å². The molecule has 2 nitrogen and oxygen atoms in total. The van der Waals surface area contributed by atoms with Crippen LogP contribution in [0.1, 0.15) is 31.9 Å². The first-order valence-electron chi connectivity index (χ1n) is 6.54. The molecule has 0 aliphatic rings. The van der Waals surface area contributed by atoms with Gasteiger partial charge in [-0.25, -0.2) is 0 Å². The van der Waals surface area contributed by atoms with Crippen LogP contribution in [-0.2, 0) is 6.42 Å². The third-order valence-corrected chi connectivity index (χ3v) is 2.95. The minimum absolute atomic E-state index is 0.189. The molecule has 0 amide bonds. The molecule has 1 heterocycles. The molecule has 0 aliphatic heterocycles. The van der Waals surface area contributed by atoms with Crippen molar-refractivity contribution >= 4 is 10.9 Å². The molecule has 0 saturated carbocycles. The maximum atomic E-state index is 4.43. The van der Waals surface area contributed by atoms with Crippen LogP contribution in [0.5, 0.6) is 0 Å². The Hall–Kier alpha value is -1.41. The fourth-order valence-electron chi connectivity index (χ4n) is 2.03. The van der Waals surface area contributed by atoms with Crippen molar-refractivity contribution in [2.45, 2.75) is 39.7 Å². The van der Waals surface area contributed by atoms with Crippen molar-refractivity contribution in [3.05, 3.63) is 41.6 Å². The Morgan fingerprint density at radius 2 is 1.94 bits per heavy atom. The smallest absolute Gasteiger partial charge is 0.0702 e. The molecule has 1 N–H and O–H groups in total. The highest BCUT2D eigenvalue weighted by atomic mass is 14.9. The van der Waals surface area contributed by atoms with E-state index >= 15 is 0 Å². The SMILES string of the molecule is Cc1cnc2ccc(CCNC(C)(C)C)cc2c1. The molecule has 96 valence electrons. The summed E-state index contributed by atoms with van der Waals surface area (Å²) < 4.78 is 0. The lowest BCUT2D eigenvalue weighted by atomic mass is 10.1. The van der Waals surface area contributed by atoms with Gasteiger partial charge in [0, 0.05) is 17.1 Å². The van der Waals surface area contributed by atoms with E-state index in [0.717, 1.165) is 18.5 Å². The van der Waals surface area contributed by atoms with Crippen LogP contribution < -0.4 is 5.32 Å². The van der Waals surface area contributed by atoms with Crippen LogP contribution in [0, 0.1) is 6.92 Å². The quantitative estimate of drug-likeness (QED) is 0.891. The number of hydrogen-bond donors (Lipinski definition) is 1. The lowest BCUT2D eigenvalue weighted by molar-refractivity contribution is 0.429. The lowest BCUT2D eigenvalue weighted by Crippen LogP contribution is -2.37. The molecule has 18 heavy (non-hydrogen) atoms. The Kier molecular flexibility index (Phi) is 3.67. The van der Waals surface area contributed by atoms with E-state index in [1.165, 1.54) is 16.5 Å². The second kappa shape index (κ2) is 5.07. The van der Waals surface area contributed by atoms with Gasteiger partial charge in [0.2, 0.25) is 0 Å². The Morgan fingerprint density at radius 3 is 2.67 bits per heavy atom. The summed E-state index contributed by atoms with van der Waals surface area (Å²) in [6.45, 7) is 9.68. The van der Waals surface area contributed by atoms with Gasteiger partial charge in [-0.2, -0.15) is 0 Å². The zero-order valence-electron chi connectivity index (χ0n) is 11.7. The minimum Gasteiger partial charge on any atom is -0.312 e. The Labute approximate surface area is 109 Å². The third kappa shape index (κ3) is 3.54. The molecule has 2 rings (SSSR count). The molecule has 0 atom stereocenters. The normalized spacial score (nSPS) is 12.0. The van der Waals surface area contributed by atoms with Gasteiger partial charge < -0.3 is 5.32 Å². The standard InChI is InChI=1S/C16H22N2/c1-12-9-14-10-13(5-6-15(14)17-11-12)7-8-18-16(2,3)4/h5-6,9-11,18H,7-8H2,1-4H3. The molecule has 0 fully saturated rings. The summed E-state index contributed by atoms with van der Waals surface area (Å²) in [5.41, 5.74) is 3.85. The Balaban J connectivity index is 2.10. The molecule has 1 aromatic heterocycles. The van der Waals surface area contributed by atoms with Gasteiger partial charge >= 0.3 is 0 Å². The molecule has 0 spiro atoms. The van der Waals surface area contributed by atoms with Gasteiger partial charge in [-0.05, 0) is 70.0 Å². The second-order valence-electron chi connectivity index (χ2n) is 5.97. The van der Waals surface area contributed by atoms with Crippen molar-refractivity contribution in [1.82, 2.24) is 10.3 Å². The number of nitrogens with one attached hydrogen (secondary N) is 1. The van der Waals surface area contributed by atoms with E-state index < -0.39 is 0 Å². The summed E-state index contributed by atoms with van der Waals surface area (Å²) in [6, 6.07) is 8.74. The van der Waals surface area contributed by atoms with Gasteiger partial charge in [0.15, 0.2) is 0 Å².